The van der Waals surface area contributed by atoms with Gasteiger partial charge in [-0.25, -0.2) is 0 Å². The smallest absolute Gasteiger partial charge is 0.266 e. The van der Waals surface area contributed by atoms with Gasteiger partial charge in [-0.3, -0.25) is 14.5 Å². The van der Waals surface area contributed by atoms with Crippen molar-refractivity contribution in [1.82, 2.24) is 10.2 Å². The predicted octanol–water partition coefficient (Wildman–Crippen LogP) is 7.25. The van der Waals surface area contributed by atoms with Crippen LogP contribution in [-0.2, 0) is 11.3 Å². The van der Waals surface area contributed by atoms with Crippen LogP contribution in [0.3, 0.4) is 0 Å². The molecule has 1 aliphatic rings. The highest BCUT2D eigenvalue weighted by Crippen LogP contribution is 2.35. The van der Waals surface area contributed by atoms with E-state index in [1.807, 2.05) is 30.3 Å². The number of thiocarbonyl (C=S) groups is 1. The maximum Gasteiger partial charge on any atom is 0.266 e. The van der Waals surface area contributed by atoms with Crippen LogP contribution >= 0.6 is 70.4 Å². The van der Waals surface area contributed by atoms with E-state index in [9.17, 15) is 9.59 Å². The van der Waals surface area contributed by atoms with Gasteiger partial charge in [0.2, 0.25) is 10.0 Å². The molecule has 1 saturated heterocycles. The molecule has 37 heavy (non-hydrogen) atoms. The number of carbonyl (C=O) groups is 2. The standard InChI is InChI=1S/C26H18Cl4N2O3S2/c27-19-10-8-18(9-11-19)22(33)31-24(26(28,29)30)35-20-12-6-16(7-13-20)14-21-23(34)32(25(36)37-21)15-17-4-2-1-3-5-17/h1-14,24H,15H2,(H,31,33). The summed E-state index contributed by atoms with van der Waals surface area (Å²) in [6.45, 7) is 0.412. The number of nitrogens with zero attached hydrogens (tertiary/aromatic N) is 1. The quantitative estimate of drug-likeness (QED) is 0.132. The third-order valence-electron chi connectivity index (χ3n) is 5.15. The molecular formula is C26H18Cl4N2O3S2. The number of rotatable bonds is 7. The highest BCUT2D eigenvalue weighted by molar-refractivity contribution is 8.26. The molecule has 0 bridgehead atoms. The molecule has 1 atom stereocenters. The predicted molar refractivity (Wildman–Crippen MR) is 155 cm³/mol. The van der Waals surface area contributed by atoms with Crippen molar-refractivity contribution >= 4 is 92.6 Å². The number of halogens is 4. The molecule has 3 aromatic rings. The van der Waals surface area contributed by atoms with Crippen LogP contribution in [-0.4, -0.2) is 31.1 Å². The molecule has 5 nitrogen and oxygen atoms in total. The SMILES string of the molecule is O=C(NC(Oc1ccc(C=C2SC(=S)N(Cc3ccccc3)C2=O)cc1)C(Cl)(Cl)Cl)c1ccc(Cl)cc1. The number of alkyl halides is 3. The topological polar surface area (TPSA) is 58.6 Å². The van der Waals surface area contributed by atoms with E-state index in [1.165, 1.54) is 11.8 Å². The Kier molecular flexibility index (Phi) is 9.06. The lowest BCUT2D eigenvalue weighted by atomic mass is 10.2. The molecule has 3 aromatic carbocycles. The molecule has 1 heterocycles. The minimum absolute atomic E-state index is 0.152. The van der Waals surface area contributed by atoms with Gasteiger partial charge >= 0.3 is 0 Å². The van der Waals surface area contributed by atoms with Crippen molar-refractivity contribution in [1.29, 1.82) is 0 Å². The third-order valence-corrected chi connectivity index (χ3v) is 7.38. The highest BCUT2D eigenvalue weighted by atomic mass is 35.6. The molecule has 1 N–H and O–H groups in total. The van der Waals surface area contributed by atoms with Crippen LogP contribution in [0.5, 0.6) is 5.75 Å². The van der Waals surface area contributed by atoms with Gasteiger partial charge in [0, 0.05) is 10.6 Å². The summed E-state index contributed by atoms with van der Waals surface area (Å²) in [4.78, 5) is 27.6. The van der Waals surface area contributed by atoms with Gasteiger partial charge in [0.15, 0.2) is 0 Å². The van der Waals surface area contributed by atoms with E-state index in [-0.39, 0.29) is 5.91 Å². The van der Waals surface area contributed by atoms with Gasteiger partial charge in [0.25, 0.3) is 11.8 Å². The van der Waals surface area contributed by atoms with Crippen LogP contribution < -0.4 is 10.1 Å². The summed E-state index contributed by atoms with van der Waals surface area (Å²) >= 11 is 30.7. The summed E-state index contributed by atoms with van der Waals surface area (Å²) < 4.78 is 4.32. The lowest BCUT2D eigenvalue weighted by Crippen LogP contribution is -2.47. The van der Waals surface area contributed by atoms with Crippen molar-refractivity contribution in [2.24, 2.45) is 0 Å². The first kappa shape index (κ1) is 27.8. The van der Waals surface area contributed by atoms with E-state index >= 15 is 0 Å². The van der Waals surface area contributed by atoms with E-state index in [4.69, 9.17) is 63.4 Å². The summed E-state index contributed by atoms with van der Waals surface area (Å²) in [6.07, 6.45) is 0.476. The number of nitrogens with one attached hydrogen (secondary N) is 1. The Morgan fingerprint density at radius 3 is 2.30 bits per heavy atom. The molecule has 1 fully saturated rings. The van der Waals surface area contributed by atoms with Gasteiger partial charge < -0.3 is 10.1 Å². The van der Waals surface area contributed by atoms with E-state index < -0.39 is 15.9 Å². The molecule has 11 heteroatoms. The van der Waals surface area contributed by atoms with Gasteiger partial charge in [-0.2, -0.15) is 0 Å². The summed E-state index contributed by atoms with van der Waals surface area (Å²) in [7, 11) is 0. The molecule has 1 aliphatic heterocycles. The van der Waals surface area contributed by atoms with Crippen LogP contribution in [0.1, 0.15) is 21.5 Å². The summed E-state index contributed by atoms with van der Waals surface area (Å²) in [5.74, 6) is -0.302. The number of benzene rings is 3. The number of thioether (sulfide) groups is 1. The van der Waals surface area contributed by atoms with Gasteiger partial charge in [0.1, 0.15) is 10.1 Å². The Hall–Kier alpha value is -2.26. The maximum atomic E-state index is 12.9. The van der Waals surface area contributed by atoms with Crippen LogP contribution in [0.15, 0.2) is 83.8 Å². The average molecular weight is 612 g/mol. The number of carbonyl (C=O) groups excluding carboxylic acids is 2. The van der Waals surface area contributed by atoms with Crippen molar-refractivity contribution in [3.8, 4) is 5.75 Å². The summed E-state index contributed by atoms with van der Waals surface area (Å²) in [6, 6.07) is 22.7. The molecule has 1 unspecified atom stereocenters. The summed E-state index contributed by atoms with van der Waals surface area (Å²) in [5.41, 5.74) is 2.07. The van der Waals surface area contributed by atoms with E-state index in [0.717, 1.165) is 11.1 Å². The van der Waals surface area contributed by atoms with Gasteiger partial charge in [-0.1, -0.05) is 113 Å². The third kappa shape index (κ3) is 7.41. The zero-order chi connectivity index (χ0) is 26.6. The Labute approximate surface area is 243 Å². The Morgan fingerprint density at radius 2 is 1.68 bits per heavy atom. The first-order valence-corrected chi connectivity index (χ1v) is 13.5. The summed E-state index contributed by atoms with van der Waals surface area (Å²) in [5, 5.41) is 3.06. The molecular weight excluding hydrogens is 594 g/mol. The van der Waals surface area contributed by atoms with Crippen LogP contribution in [0.25, 0.3) is 6.08 Å². The lowest BCUT2D eigenvalue weighted by molar-refractivity contribution is -0.122. The van der Waals surface area contributed by atoms with E-state index in [1.54, 1.807) is 59.5 Å². The average Bonchev–Trinajstić information content (AvgIpc) is 3.12. The molecule has 0 radical (unpaired) electrons. The van der Waals surface area contributed by atoms with Crippen molar-refractivity contribution in [2.75, 3.05) is 0 Å². The maximum absolute atomic E-state index is 12.9. The van der Waals surface area contributed by atoms with E-state index in [0.29, 0.717) is 32.1 Å². The molecule has 4 rings (SSSR count). The first-order valence-electron chi connectivity index (χ1n) is 10.8. The van der Waals surface area contributed by atoms with Crippen molar-refractivity contribution in [2.45, 2.75) is 16.6 Å². The minimum Gasteiger partial charge on any atom is -0.466 e. The number of amides is 2. The highest BCUT2D eigenvalue weighted by Gasteiger charge is 2.36. The molecule has 0 saturated carbocycles. The molecule has 0 aromatic heterocycles. The van der Waals surface area contributed by atoms with Gasteiger partial charge in [0.05, 0.1) is 11.4 Å². The fourth-order valence-corrected chi connectivity index (χ4v) is 4.99. The minimum atomic E-state index is -1.95. The van der Waals surface area contributed by atoms with Crippen molar-refractivity contribution in [3.05, 3.63) is 105 Å². The van der Waals surface area contributed by atoms with Crippen LogP contribution in [0.4, 0.5) is 0 Å². The van der Waals surface area contributed by atoms with Crippen LogP contribution in [0, 0.1) is 0 Å². The second kappa shape index (κ2) is 12.1. The number of hydrogen-bond acceptors (Lipinski definition) is 5. The lowest BCUT2D eigenvalue weighted by Gasteiger charge is -2.26. The second-order valence-corrected chi connectivity index (χ2v) is 12.3. The van der Waals surface area contributed by atoms with Crippen molar-refractivity contribution < 1.29 is 14.3 Å². The fourth-order valence-electron chi connectivity index (χ4n) is 3.31. The number of ether oxygens (including phenoxy) is 1. The Bertz CT molecular complexity index is 1330. The van der Waals surface area contributed by atoms with Crippen LogP contribution in [0.2, 0.25) is 5.02 Å². The molecule has 0 spiro atoms. The molecule has 190 valence electrons. The number of hydrogen-bond donors (Lipinski definition) is 1. The second-order valence-electron chi connectivity index (χ2n) is 7.84. The normalized spacial score (nSPS) is 15.7. The Morgan fingerprint density at radius 1 is 1.03 bits per heavy atom. The zero-order valence-electron chi connectivity index (χ0n) is 18.9. The fraction of sp³-hybridized carbons (Fsp3) is 0.115. The Balaban J connectivity index is 1.43. The zero-order valence-corrected chi connectivity index (χ0v) is 23.5. The van der Waals surface area contributed by atoms with Crippen molar-refractivity contribution in [3.63, 3.8) is 0 Å². The molecule has 2 amide bonds. The first-order chi connectivity index (χ1) is 17.6. The van der Waals surface area contributed by atoms with E-state index in [2.05, 4.69) is 5.32 Å². The van der Waals surface area contributed by atoms with Gasteiger partial charge in [-0.05, 0) is 53.6 Å². The molecule has 0 aliphatic carbocycles. The largest absolute Gasteiger partial charge is 0.466 e. The monoisotopic (exact) mass is 610 g/mol. The van der Waals surface area contributed by atoms with Gasteiger partial charge in [-0.15, -0.1) is 0 Å².